The van der Waals surface area contributed by atoms with Crippen LogP contribution >= 0.6 is 0 Å². The topological polar surface area (TPSA) is 196 Å². The van der Waals surface area contributed by atoms with Gasteiger partial charge in [0.25, 0.3) is 0 Å². The molecule has 362 valence electrons. The van der Waals surface area contributed by atoms with Gasteiger partial charge in [-0.2, -0.15) is 12.7 Å². The smallest absolute Gasteiger partial charge is 0.323 e. The molecule has 4 fully saturated rings. The number of imide groups is 1. The van der Waals surface area contributed by atoms with Gasteiger partial charge >= 0.3 is 16.2 Å². The molecular formula is C48H52F3N11O6S. The number of ketones is 1. The van der Waals surface area contributed by atoms with Crippen LogP contribution in [-0.2, 0) is 26.2 Å². The summed E-state index contributed by atoms with van der Waals surface area (Å²) < 4.78 is 73.2. The SMILES string of the molecule is O=C1CC[C@@H](NC(=O)N2CCCc3c(N4CCC(CN5CCN(c6ccc(-c7cnc8[nH]cc(C(=O)c9c(F)ccc(NS(=O)(=O)N%10CC[C@@H](F)C%10)c9F)c8c7)cc6)CC5)CC4)ccnc32)C(=O)N1. The largest absolute Gasteiger partial charge is 0.371 e. The number of amides is 4. The van der Waals surface area contributed by atoms with E-state index in [1.54, 1.807) is 23.4 Å². The molecule has 0 spiro atoms. The van der Waals surface area contributed by atoms with E-state index in [-0.39, 0.29) is 49.9 Å². The van der Waals surface area contributed by atoms with Crippen LogP contribution < -0.4 is 30.1 Å². The van der Waals surface area contributed by atoms with E-state index in [0.717, 1.165) is 110 Å². The van der Waals surface area contributed by atoms with E-state index in [4.69, 9.17) is 0 Å². The lowest BCUT2D eigenvalue weighted by molar-refractivity contribution is -0.134. The molecular weight excluding hydrogens is 916 g/mol. The van der Waals surface area contributed by atoms with Crippen LogP contribution in [-0.4, -0.2) is 134 Å². The summed E-state index contributed by atoms with van der Waals surface area (Å²) in [6.45, 7) is 6.42. The molecule has 0 saturated carbocycles. The third kappa shape index (κ3) is 9.46. The number of piperidine rings is 2. The number of alkyl halides is 1. The Morgan fingerprint density at radius 1 is 0.841 bits per heavy atom. The van der Waals surface area contributed by atoms with Crippen LogP contribution in [0.1, 0.15) is 60.0 Å². The minimum atomic E-state index is -4.36. The number of nitrogens with zero attached hydrogens (tertiary/aromatic N) is 7. The van der Waals surface area contributed by atoms with Crippen LogP contribution in [0, 0.1) is 17.6 Å². The molecule has 10 rings (SSSR count). The zero-order chi connectivity index (χ0) is 48.0. The van der Waals surface area contributed by atoms with Crippen molar-refractivity contribution in [2.24, 2.45) is 5.92 Å². The summed E-state index contributed by atoms with van der Waals surface area (Å²) in [6, 6.07) is 12.4. The zero-order valence-electron chi connectivity index (χ0n) is 37.7. The van der Waals surface area contributed by atoms with Gasteiger partial charge in [0.05, 0.1) is 11.3 Å². The molecule has 17 nitrogen and oxygen atoms in total. The van der Waals surface area contributed by atoms with Gasteiger partial charge in [0, 0.05) is 124 Å². The van der Waals surface area contributed by atoms with E-state index in [0.29, 0.717) is 34.9 Å². The van der Waals surface area contributed by atoms with Gasteiger partial charge in [-0.25, -0.2) is 27.9 Å². The van der Waals surface area contributed by atoms with Gasteiger partial charge in [-0.1, -0.05) is 12.1 Å². The van der Waals surface area contributed by atoms with Crippen molar-refractivity contribution in [3.63, 3.8) is 0 Å². The fourth-order valence-electron chi connectivity index (χ4n) is 10.2. The van der Waals surface area contributed by atoms with E-state index >= 15 is 8.78 Å². The Morgan fingerprint density at radius 2 is 1.62 bits per heavy atom. The fourth-order valence-corrected chi connectivity index (χ4v) is 11.5. The molecule has 69 heavy (non-hydrogen) atoms. The first-order valence-corrected chi connectivity index (χ1v) is 24.9. The number of benzene rings is 2. The number of hydrogen-bond donors (Lipinski definition) is 4. The lowest BCUT2D eigenvalue weighted by Crippen LogP contribution is -2.55. The predicted octanol–water partition coefficient (Wildman–Crippen LogP) is 5.14. The van der Waals surface area contributed by atoms with Crippen molar-refractivity contribution in [3.05, 3.63) is 95.4 Å². The van der Waals surface area contributed by atoms with Crippen LogP contribution in [0.2, 0.25) is 0 Å². The first-order chi connectivity index (χ1) is 33.3. The molecule has 0 bridgehead atoms. The number of aromatic nitrogens is 3. The Morgan fingerprint density at radius 3 is 2.36 bits per heavy atom. The Labute approximate surface area is 396 Å². The van der Waals surface area contributed by atoms with Crippen molar-refractivity contribution in [2.75, 3.05) is 84.9 Å². The molecule has 2 aromatic carbocycles. The quantitative estimate of drug-likeness (QED) is 0.101. The highest BCUT2D eigenvalue weighted by molar-refractivity contribution is 7.90. The summed E-state index contributed by atoms with van der Waals surface area (Å²) in [6.07, 6.45) is 7.51. The van der Waals surface area contributed by atoms with Crippen molar-refractivity contribution < 1.29 is 40.8 Å². The average Bonchev–Trinajstić information content (AvgIpc) is 4.00. The van der Waals surface area contributed by atoms with Gasteiger partial charge in [-0.15, -0.1) is 0 Å². The van der Waals surface area contributed by atoms with Crippen LogP contribution in [0.25, 0.3) is 22.2 Å². The summed E-state index contributed by atoms with van der Waals surface area (Å²) in [5.74, 6) is -3.19. The second kappa shape index (κ2) is 19.1. The summed E-state index contributed by atoms with van der Waals surface area (Å²) in [7, 11) is -4.36. The first-order valence-electron chi connectivity index (χ1n) is 23.4. The molecule has 5 aliphatic heterocycles. The predicted molar refractivity (Wildman–Crippen MR) is 253 cm³/mol. The van der Waals surface area contributed by atoms with E-state index in [1.165, 1.54) is 6.20 Å². The third-order valence-electron chi connectivity index (χ3n) is 14.0. The number of carbonyl (C=O) groups excluding carboxylic acids is 4. The summed E-state index contributed by atoms with van der Waals surface area (Å²) >= 11 is 0. The normalized spacial score (nSPS) is 20.8. The van der Waals surface area contributed by atoms with Crippen molar-refractivity contribution in [2.45, 2.75) is 57.2 Å². The number of urea groups is 1. The fraction of sp³-hybridized carbons (Fsp3) is 0.417. The molecule has 3 aromatic heterocycles. The lowest BCUT2D eigenvalue weighted by atomic mass is 9.94. The van der Waals surface area contributed by atoms with Gasteiger partial charge in [0.2, 0.25) is 17.6 Å². The van der Waals surface area contributed by atoms with E-state index in [9.17, 15) is 32.0 Å². The molecule has 5 aliphatic rings. The number of pyridine rings is 2. The van der Waals surface area contributed by atoms with E-state index in [1.807, 2.05) is 35.1 Å². The molecule has 0 radical (unpaired) electrons. The number of fused-ring (bicyclic) bond motifs is 2. The number of rotatable bonds is 11. The number of carbonyl (C=O) groups is 4. The second-order valence-corrected chi connectivity index (χ2v) is 20.1. The highest BCUT2D eigenvalue weighted by Crippen LogP contribution is 2.36. The van der Waals surface area contributed by atoms with Gasteiger partial charge < -0.3 is 20.1 Å². The van der Waals surface area contributed by atoms with Gasteiger partial charge in [0.15, 0.2) is 5.82 Å². The Balaban J connectivity index is 0.730. The maximum Gasteiger partial charge on any atom is 0.323 e. The Kier molecular flexibility index (Phi) is 12.8. The number of halogens is 3. The molecule has 21 heteroatoms. The second-order valence-electron chi connectivity index (χ2n) is 18.4. The van der Waals surface area contributed by atoms with Gasteiger partial charge in [-0.05, 0) is 86.4 Å². The molecule has 4 saturated heterocycles. The average molecular weight is 968 g/mol. The summed E-state index contributed by atoms with van der Waals surface area (Å²) in [5, 5.41) is 5.43. The van der Waals surface area contributed by atoms with Gasteiger partial charge in [0.1, 0.15) is 29.5 Å². The Hall–Kier alpha value is -6.58. The third-order valence-corrected chi connectivity index (χ3v) is 15.5. The number of aromatic amines is 1. The van der Waals surface area contributed by atoms with Crippen molar-refractivity contribution in [1.82, 2.24) is 34.8 Å². The molecule has 4 N–H and O–H groups in total. The van der Waals surface area contributed by atoms with Gasteiger partial charge in [-0.3, -0.25) is 34.2 Å². The summed E-state index contributed by atoms with van der Waals surface area (Å²) in [4.78, 5) is 71.9. The number of anilines is 4. The van der Waals surface area contributed by atoms with Crippen molar-refractivity contribution >= 4 is 67.8 Å². The Bertz CT molecular complexity index is 2920. The first kappa shape index (κ1) is 46.2. The minimum absolute atomic E-state index is 0.00192. The van der Waals surface area contributed by atoms with Crippen molar-refractivity contribution in [3.8, 4) is 11.1 Å². The van der Waals surface area contributed by atoms with Crippen LogP contribution in [0.3, 0.4) is 0 Å². The highest BCUT2D eigenvalue weighted by Gasteiger charge is 2.35. The molecule has 4 amide bonds. The van der Waals surface area contributed by atoms with Crippen molar-refractivity contribution in [1.29, 1.82) is 0 Å². The maximum absolute atomic E-state index is 15.8. The standard InChI is InChI=1S/C48H52F3N11O6S/c49-32-14-19-61(28-32)69(67,68)57-38-8-7-37(50)42(43(38)51)44(64)36-26-54-45-35(36)24-31(25-53-45)30-3-5-33(6-4-30)59-22-20-58(21-23-59)27-29-12-17-60(18-13-29)40-11-15-52-46-34(40)2-1-16-62(46)48(66)55-39-9-10-41(63)56-47(39)65/h3-8,11,15,24-26,29,32,39,57H,1-2,9-10,12-14,16-23,27-28H2,(H,53,54)(H,55,66)(H,56,63,65)/t32-,39-/m1/s1. The molecule has 0 unspecified atom stereocenters. The summed E-state index contributed by atoms with van der Waals surface area (Å²) in [5.41, 5.74) is 3.44. The van der Waals surface area contributed by atoms with E-state index in [2.05, 4.69) is 40.3 Å². The number of piperazine rings is 1. The lowest BCUT2D eigenvalue weighted by Gasteiger charge is -2.41. The molecule has 5 aromatic rings. The number of nitrogens with one attached hydrogen (secondary N) is 4. The zero-order valence-corrected chi connectivity index (χ0v) is 38.5. The monoisotopic (exact) mass is 967 g/mol. The van der Waals surface area contributed by atoms with E-state index < -0.39 is 57.0 Å². The maximum atomic E-state index is 15.8. The number of H-pyrrole nitrogens is 1. The molecule has 2 atom stereocenters. The van der Waals surface area contributed by atoms with Crippen LogP contribution in [0.5, 0.6) is 0 Å². The highest BCUT2D eigenvalue weighted by atomic mass is 32.2. The molecule has 8 heterocycles. The van der Waals surface area contributed by atoms with Crippen LogP contribution in [0.15, 0.2) is 67.1 Å². The van der Waals surface area contributed by atoms with Crippen LogP contribution in [0.4, 0.5) is 40.8 Å². The number of hydrogen-bond acceptors (Lipinski definition) is 11. The minimum Gasteiger partial charge on any atom is -0.371 e. The molecule has 0 aliphatic carbocycles.